The zero-order valence-electron chi connectivity index (χ0n) is 11.8. The van der Waals surface area contributed by atoms with Crippen LogP contribution in [0.15, 0.2) is 22.8 Å². The number of rotatable bonds is 3. The standard InChI is InChI=1S/C16H22N2O2/c19-16(15-5-2-8-20-15)17-11-9-13-3-1-4-14(10-11)18(13)12-6-7-12/h2,5,8,11-14H,1,3-4,6-7,9-10H2,(H,17,19)/t11?,13-,14+. The first-order valence-electron chi connectivity index (χ1n) is 7.93. The lowest BCUT2D eigenvalue weighted by atomic mass is 9.81. The molecule has 4 heteroatoms. The Morgan fingerprint density at radius 1 is 1.15 bits per heavy atom. The van der Waals surface area contributed by atoms with Crippen LogP contribution in [0.5, 0.6) is 0 Å². The van der Waals surface area contributed by atoms with Crippen LogP contribution in [0.2, 0.25) is 0 Å². The van der Waals surface area contributed by atoms with Gasteiger partial charge in [-0.1, -0.05) is 6.42 Å². The molecule has 3 fully saturated rings. The van der Waals surface area contributed by atoms with Crippen molar-refractivity contribution in [2.45, 2.75) is 69.1 Å². The van der Waals surface area contributed by atoms with Gasteiger partial charge in [-0.15, -0.1) is 0 Å². The van der Waals surface area contributed by atoms with E-state index in [0.29, 0.717) is 23.9 Å². The second kappa shape index (κ2) is 4.92. The fourth-order valence-electron chi connectivity index (χ4n) is 4.17. The molecule has 1 aliphatic carbocycles. The smallest absolute Gasteiger partial charge is 0.287 e. The van der Waals surface area contributed by atoms with E-state index in [1.165, 1.54) is 32.1 Å². The minimum Gasteiger partial charge on any atom is -0.459 e. The molecular weight excluding hydrogens is 252 g/mol. The van der Waals surface area contributed by atoms with Gasteiger partial charge < -0.3 is 9.73 Å². The minimum absolute atomic E-state index is 0.0575. The molecule has 0 radical (unpaired) electrons. The van der Waals surface area contributed by atoms with Crippen LogP contribution in [0.3, 0.4) is 0 Å². The van der Waals surface area contributed by atoms with Crippen molar-refractivity contribution >= 4 is 5.91 Å². The molecule has 108 valence electrons. The summed E-state index contributed by atoms with van der Waals surface area (Å²) in [6.45, 7) is 0. The summed E-state index contributed by atoms with van der Waals surface area (Å²) >= 11 is 0. The van der Waals surface area contributed by atoms with Crippen molar-refractivity contribution in [3.63, 3.8) is 0 Å². The summed E-state index contributed by atoms with van der Waals surface area (Å²) in [5, 5.41) is 3.17. The molecule has 2 saturated heterocycles. The van der Waals surface area contributed by atoms with E-state index in [4.69, 9.17) is 4.42 Å². The van der Waals surface area contributed by atoms with Gasteiger partial charge in [-0.2, -0.15) is 0 Å². The number of nitrogens with zero attached hydrogens (tertiary/aromatic N) is 1. The van der Waals surface area contributed by atoms with Gasteiger partial charge in [-0.3, -0.25) is 9.69 Å². The van der Waals surface area contributed by atoms with Gasteiger partial charge in [0.25, 0.3) is 5.91 Å². The Balaban J connectivity index is 1.42. The third-order valence-electron chi connectivity index (χ3n) is 5.08. The first kappa shape index (κ1) is 12.5. The molecule has 1 aromatic heterocycles. The maximum absolute atomic E-state index is 12.1. The number of carbonyl (C=O) groups excluding carboxylic acids is 1. The molecule has 0 aromatic carbocycles. The molecule has 4 rings (SSSR count). The van der Waals surface area contributed by atoms with Crippen LogP contribution in [0.4, 0.5) is 0 Å². The average Bonchev–Trinajstić information content (AvgIpc) is 3.11. The summed E-state index contributed by atoms with van der Waals surface area (Å²) in [5.74, 6) is 0.373. The number of nitrogens with one attached hydrogen (secondary N) is 1. The van der Waals surface area contributed by atoms with Gasteiger partial charge in [0.1, 0.15) is 0 Å². The van der Waals surface area contributed by atoms with Gasteiger partial charge in [0.05, 0.1) is 6.26 Å². The Labute approximate surface area is 119 Å². The lowest BCUT2D eigenvalue weighted by Gasteiger charge is -2.49. The van der Waals surface area contributed by atoms with Gasteiger partial charge in [-0.25, -0.2) is 0 Å². The van der Waals surface area contributed by atoms with Crippen LogP contribution in [0, 0.1) is 0 Å². The first-order valence-corrected chi connectivity index (χ1v) is 7.93. The summed E-state index contributed by atoms with van der Waals surface area (Å²) in [4.78, 5) is 14.9. The van der Waals surface area contributed by atoms with Gasteiger partial charge in [0.15, 0.2) is 5.76 Å². The predicted octanol–water partition coefficient (Wildman–Crippen LogP) is 2.56. The van der Waals surface area contributed by atoms with Gasteiger partial charge in [0, 0.05) is 24.2 Å². The van der Waals surface area contributed by atoms with Gasteiger partial charge in [-0.05, 0) is 50.7 Å². The molecule has 3 atom stereocenters. The molecule has 1 amide bonds. The van der Waals surface area contributed by atoms with Crippen molar-refractivity contribution < 1.29 is 9.21 Å². The Kier molecular flexibility index (Phi) is 3.06. The van der Waals surface area contributed by atoms with Crippen molar-refractivity contribution in [1.29, 1.82) is 0 Å². The highest BCUT2D eigenvalue weighted by Gasteiger charge is 2.45. The highest BCUT2D eigenvalue weighted by molar-refractivity contribution is 5.91. The summed E-state index contributed by atoms with van der Waals surface area (Å²) in [6.07, 6.45) is 10.5. The predicted molar refractivity (Wildman–Crippen MR) is 75.5 cm³/mol. The zero-order valence-corrected chi connectivity index (χ0v) is 11.8. The fraction of sp³-hybridized carbons (Fsp3) is 0.688. The maximum Gasteiger partial charge on any atom is 0.287 e. The summed E-state index contributed by atoms with van der Waals surface area (Å²) in [6, 6.07) is 6.05. The van der Waals surface area contributed by atoms with Crippen LogP contribution < -0.4 is 5.32 Å². The molecule has 1 N–H and O–H groups in total. The van der Waals surface area contributed by atoms with Crippen molar-refractivity contribution in [3.8, 4) is 0 Å². The number of furan rings is 1. The Hall–Kier alpha value is -1.29. The number of hydrogen-bond donors (Lipinski definition) is 1. The van der Waals surface area contributed by atoms with Gasteiger partial charge >= 0.3 is 0 Å². The fourth-order valence-corrected chi connectivity index (χ4v) is 4.17. The normalized spacial score (nSPS) is 33.9. The Morgan fingerprint density at radius 2 is 1.90 bits per heavy atom. The minimum atomic E-state index is -0.0575. The number of hydrogen-bond acceptors (Lipinski definition) is 3. The summed E-state index contributed by atoms with van der Waals surface area (Å²) in [7, 11) is 0. The van der Waals surface area contributed by atoms with E-state index in [1.54, 1.807) is 18.4 Å². The third-order valence-corrected chi connectivity index (χ3v) is 5.08. The molecule has 1 aromatic rings. The lowest BCUT2D eigenvalue weighted by Crippen LogP contribution is -2.57. The van der Waals surface area contributed by atoms with Crippen molar-refractivity contribution in [3.05, 3.63) is 24.2 Å². The van der Waals surface area contributed by atoms with E-state index in [0.717, 1.165) is 18.9 Å². The SMILES string of the molecule is O=C(NC1C[C@H]2CCC[C@@H](C1)N2C1CC1)c1ccco1. The molecule has 2 bridgehead atoms. The van der Waals surface area contributed by atoms with Gasteiger partial charge in [0.2, 0.25) is 0 Å². The maximum atomic E-state index is 12.1. The van der Waals surface area contributed by atoms with Crippen molar-refractivity contribution in [1.82, 2.24) is 10.2 Å². The molecule has 1 unspecified atom stereocenters. The van der Waals surface area contributed by atoms with E-state index in [-0.39, 0.29) is 5.91 Å². The molecule has 1 saturated carbocycles. The first-order chi connectivity index (χ1) is 9.81. The number of amides is 1. The van der Waals surface area contributed by atoms with Crippen LogP contribution in [0.1, 0.15) is 55.5 Å². The van der Waals surface area contributed by atoms with Crippen LogP contribution in [-0.2, 0) is 0 Å². The number of carbonyl (C=O) groups is 1. The molecule has 3 heterocycles. The second-order valence-electron chi connectivity index (χ2n) is 6.54. The van der Waals surface area contributed by atoms with E-state index < -0.39 is 0 Å². The van der Waals surface area contributed by atoms with E-state index in [9.17, 15) is 4.79 Å². The molecule has 0 spiro atoms. The van der Waals surface area contributed by atoms with Crippen LogP contribution in [0.25, 0.3) is 0 Å². The monoisotopic (exact) mass is 274 g/mol. The van der Waals surface area contributed by atoms with Crippen LogP contribution >= 0.6 is 0 Å². The zero-order chi connectivity index (χ0) is 13.5. The van der Waals surface area contributed by atoms with Crippen molar-refractivity contribution in [2.24, 2.45) is 0 Å². The Morgan fingerprint density at radius 3 is 2.50 bits per heavy atom. The number of fused-ring (bicyclic) bond motifs is 2. The van der Waals surface area contributed by atoms with E-state index >= 15 is 0 Å². The topological polar surface area (TPSA) is 45.5 Å². The highest BCUT2D eigenvalue weighted by Crippen LogP contribution is 2.41. The second-order valence-corrected chi connectivity index (χ2v) is 6.54. The summed E-state index contributed by atoms with van der Waals surface area (Å²) < 4.78 is 5.18. The Bertz CT molecular complexity index is 467. The molecule has 2 aliphatic heterocycles. The molecule has 4 nitrogen and oxygen atoms in total. The third kappa shape index (κ3) is 2.26. The lowest BCUT2D eigenvalue weighted by molar-refractivity contribution is 0.0172. The van der Waals surface area contributed by atoms with Crippen LogP contribution in [-0.4, -0.2) is 35.0 Å². The van der Waals surface area contributed by atoms with Crippen molar-refractivity contribution in [2.75, 3.05) is 0 Å². The van der Waals surface area contributed by atoms with E-state index in [2.05, 4.69) is 10.2 Å². The quantitative estimate of drug-likeness (QED) is 0.921. The summed E-state index contributed by atoms with van der Waals surface area (Å²) in [5.41, 5.74) is 0. The molecule has 3 aliphatic rings. The molecule has 20 heavy (non-hydrogen) atoms. The highest BCUT2D eigenvalue weighted by atomic mass is 16.3. The molecular formula is C16H22N2O2. The number of piperidine rings is 2. The average molecular weight is 274 g/mol. The largest absolute Gasteiger partial charge is 0.459 e. The van der Waals surface area contributed by atoms with E-state index in [1.807, 2.05) is 0 Å².